The van der Waals surface area contributed by atoms with Crippen molar-refractivity contribution in [1.82, 2.24) is 4.98 Å². The second-order valence-corrected chi connectivity index (χ2v) is 4.38. The second-order valence-electron chi connectivity index (χ2n) is 4.38. The Morgan fingerprint density at radius 1 is 1.56 bits per heavy atom. The average Bonchev–Trinajstić information content (AvgIpc) is 2.34. The average molecular weight is 253 g/mol. The third-order valence-electron chi connectivity index (χ3n) is 3.12. The molecule has 0 aliphatic carbocycles. The van der Waals surface area contributed by atoms with E-state index in [0.717, 1.165) is 6.42 Å². The zero-order valence-electron chi connectivity index (χ0n) is 10.9. The maximum absolute atomic E-state index is 10.7. The molecule has 2 N–H and O–H groups in total. The predicted molar refractivity (Wildman–Crippen MR) is 69.6 cm³/mol. The minimum Gasteiger partial charge on any atom is -0.394 e. The van der Waals surface area contributed by atoms with Crippen LogP contribution in [0.2, 0.25) is 0 Å². The topological polar surface area (TPSA) is 88.3 Å². The van der Waals surface area contributed by atoms with Crippen LogP contribution in [0.3, 0.4) is 0 Å². The monoisotopic (exact) mass is 253 g/mol. The largest absolute Gasteiger partial charge is 0.394 e. The minimum atomic E-state index is -0.454. The molecule has 0 aliphatic heterocycles. The summed E-state index contributed by atoms with van der Waals surface area (Å²) < 4.78 is 0. The van der Waals surface area contributed by atoms with E-state index in [2.05, 4.69) is 10.3 Å². The van der Waals surface area contributed by atoms with E-state index < -0.39 is 4.92 Å². The molecule has 100 valence electrons. The summed E-state index contributed by atoms with van der Waals surface area (Å²) in [6.07, 6.45) is 0.935. The Morgan fingerprint density at radius 3 is 2.67 bits per heavy atom. The van der Waals surface area contributed by atoms with Gasteiger partial charge >= 0.3 is 0 Å². The van der Waals surface area contributed by atoms with Gasteiger partial charge in [0, 0.05) is 6.07 Å². The molecule has 0 saturated carbocycles. The van der Waals surface area contributed by atoms with E-state index in [1.807, 2.05) is 13.8 Å². The van der Waals surface area contributed by atoms with Gasteiger partial charge in [-0.1, -0.05) is 20.3 Å². The zero-order valence-corrected chi connectivity index (χ0v) is 10.9. The van der Waals surface area contributed by atoms with Gasteiger partial charge in [0.15, 0.2) is 0 Å². The van der Waals surface area contributed by atoms with Crippen LogP contribution < -0.4 is 5.32 Å². The van der Waals surface area contributed by atoms with Gasteiger partial charge in [0.25, 0.3) is 5.69 Å². The fourth-order valence-electron chi connectivity index (χ4n) is 1.67. The lowest BCUT2D eigenvalue weighted by atomic mass is 10.00. The Morgan fingerprint density at radius 2 is 2.22 bits per heavy atom. The molecule has 2 atom stereocenters. The van der Waals surface area contributed by atoms with Gasteiger partial charge in [0.05, 0.1) is 17.6 Å². The molecule has 1 aromatic heterocycles. The van der Waals surface area contributed by atoms with E-state index in [0.29, 0.717) is 17.4 Å². The molecule has 1 heterocycles. The molecule has 0 spiro atoms. The number of aliphatic hydroxyl groups is 1. The van der Waals surface area contributed by atoms with Crippen LogP contribution in [0.25, 0.3) is 0 Å². The molecule has 1 rings (SSSR count). The van der Waals surface area contributed by atoms with Crippen molar-refractivity contribution in [2.24, 2.45) is 5.92 Å². The first-order valence-corrected chi connectivity index (χ1v) is 5.99. The number of aromatic nitrogens is 1. The van der Waals surface area contributed by atoms with Crippen molar-refractivity contribution >= 4 is 11.5 Å². The van der Waals surface area contributed by atoms with E-state index in [4.69, 9.17) is 0 Å². The van der Waals surface area contributed by atoms with Crippen molar-refractivity contribution in [1.29, 1.82) is 0 Å². The smallest absolute Gasteiger partial charge is 0.290 e. The highest BCUT2D eigenvalue weighted by Crippen LogP contribution is 2.19. The van der Waals surface area contributed by atoms with Crippen LogP contribution in [0.5, 0.6) is 0 Å². The van der Waals surface area contributed by atoms with Crippen molar-refractivity contribution in [2.75, 3.05) is 11.9 Å². The Kier molecular flexibility index (Phi) is 5.03. The first kappa shape index (κ1) is 14.4. The number of aryl methyl sites for hydroxylation is 1. The summed E-state index contributed by atoms with van der Waals surface area (Å²) in [4.78, 5) is 14.4. The van der Waals surface area contributed by atoms with Gasteiger partial charge in [0.2, 0.25) is 0 Å². The normalized spacial score (nSPS) is 14.0. The summed E-state index contributed by atoms with van der Waals surface area (Å²) in [7, 11) is 0. The number of nitro groups is 1. The molecule has 0 amide bonds. The highest BCUT2D eigenvalue weighted by atomic mass is 16.6. The first-order valence-electron chi connectivity index (χ1n) is 5.99. The summed E-state index contributed by atoms with van der Waals surface area (Å²) in [6, 6.07) is 2.90. The molecule has 0 fully saturated rings. The first-order chi connectivity index (χ1) is 8.49. The Balaban J connectivity index is 2.85. The Hall–Kier alpha value is -1.69. The fourth-order valence-corrected chi connectivity index (χ4v) is 1.67. The summed E-state index contributed by atoms with van der Waals surface area (Å²) in [5.41, 5.74) is 0.371. The molecule has 0 saturated heterocycles. The van der Waals surface area contributed by atoms with E-state index in [9.17, 15) is 15.2 Å². The number of pyridine rings is 1. The van der Waals surface area contributed by atoms with Gasteiger partial charge in [0.1, 0.15) is 11.5 Å². The molecule has 0 aromatic carbocycles. The standard InChI is InChI=1S/C12H19N3O3/c1-4-8(2)10(7-16)14-12-6-5-11(15(17)18)9(3)13-12/h5-6,8,10,16H,4,7H2,1-3H3,(H,13,14)/t8-,10+/m0/s1. The summed E-state index contributed by atoms with van der Waals surface area (Å²) in [5, 5.41) is 23.1. The highest BCUT2D eigenvalue weighted by molar-refractivity contribution is 5.45. The molecule has 6 nitrogen and oxygen atoms in total. The van der Waals surface area contributed by atoms with Crippen LogP contribution in [0.15, 0.2) is 12.1 Å². The molecular weight excluding hydrogens is 234 g/mol. The second kappa shape index (κ2) is 6.30. The molecule has 18 heavy (non-hydrogen) atoms. The van der Waals surface area contributed by atoms with Crippen LogP contribution in [0.1, 0.15) is 26.0 Å². The minimum absolute atomic E-state index is 0.00429. The van der Waals surface area contributed by atoms with Crippen molar-refractivity contribution in [2.45, 2.75) is 33.2 Å². The SMILES string of the molecule is CC[C@H](C)[C@@H](CO)Nc1ccc([N+](=O)[O-])c(C)n1. The van der Waals surface area contributed by atoms with Gasteiger partial charge in [-0.3, -0.25) is 10.1 Å². The lowest BCUT2D eigenvalue weighted by molar-refractivity contribution is -0.385. The van der Waals surface area contributed by atoms with Gasteiger partial charge in [-0.15, -0.1) is 0 Å². The third-order valence-corrected chi connectivity index (χ3v) is 3.12. The van der Waals surface area contributed by atoms with Crippen LogP contribution in [-0.2, 0) is 0 Å². The molecule has 0 unspecified atom stereocenters. The van der Waals surface area contributed by atoms with Gasteiger partial charge in [-0.05, 0) is 18.9 Å². The quantitative estimate of drug-likeness (QED) is 0.598. The number of aliphatic hydroxyl groups excluding tert-OH is 1. The fraction of sp³-hybridized carbons (Fsp3) is 0.583. The maximum atomic E-state index is 10.7. The third kappa shape index (κ3) is 3.40. The van der Waals surface area contributed by atoms with Gasteiger partial charge < -0.3 is 10.4 Å². The molecule has 0 aliphatic rings. The lowest BCUT2D eigenvalue weighted by Gasteiger charge is -2.22. The van der Waals surface area contributed by atoms with Gasteiger partial charge in [-0.2, -0.15) is 0 Å². The molecule has 6 heteroatoms. The summed E-state index contributed by atoms with van der Waals surface area (Å²) in [6.45, 7) is 5.68. The summed E-state index contributed by atoms with van der Waals surface area (Å²) in [5.74, 6) is 0.852. The number of nitrogens with zero attached hydrogens (tertiary/aromatic N) is 2. The summed E-state index contributed by atoms with van der Waals surface area (Å²) >= 11 is 0. The predicted octanol–water partition coefficient (Wildman–Crippen LogP) is 2.12. The number of hydrogen-bond acceptors (Lipinski definition) is 5. The maximum Gasteiger partial charge on any atom is 0.290 e. The number of anilines is 1. The Labute approximate surface area is 106 Å². The molecular formula is C12H19N3O3. The molecule has 0 bridgehead atoms. The van der Waals surface area contributed by atoms with Crippen molar-refractivity contribution < 1.29 is 10.0 Å². The van der Waals surface area contributed by atoms with E-state index in [1.165, 1.54) is 6.07 Å². The van der Waals surface area contributed by atoms with E-state index in [-0.39, 0.29) is 18.3 Å². The van der Waals surface area contributed by atoms with Crippen molar-refractivity contribution in [3.63, 3.8) is 0 Å². The van der Waals surface area contributed by atoms with Crippen LogP contribution in [0, 0.1) is 23.0 Å². The molecule has 0 radical (unpaired) electrons. The Bertz CT molecular complexity index is 423. The van der Waals surface area contributed by atoms with Crippen LogP contribution >= 0.6 is 0 Å². The number of rotatable bonds is 6. The lowest BCUT2D eigenvalue weighted by Crippen LogP contribution is -2.31. The number of nitrogens with one attached hydrogen (secondary N) is 1. The van der Waals surface area contributed by atoms with Crippen molar-refractivity contribution in [3.8, 4) is 0 Å². The molecule has 1 aromatic rings. The van der Waals surface area contributed by atoms with Crippen LogP contribution in [-0.4, -0.2) is 27.7 Å². The highest BCUT2D eigenvalue weighted by Gasteiger charge is 2.17. The van der Waals surface area contributed by atoms with E-state index in [1.54, 1.807) is 13.0 Å². The van der Waals surface area contributed by atoms with Crippen molar-refractivity contribution in [3.05, 3.63) is 27.9 Å². The van der Waals surface area contributed by atoms with Crippen LogP contribution in [0.4, 0.5) is 11.5 Å². The van der Waals surface area contributed by atoms with Gasteiger partial charge in [-0.25, -0.2) is 4.98 Å². The van der Waals surface area contributed by atoms with E-state index >= 15 is 0 Å². The zero-order chi connectivity index (χ0) is 13.7. The number of hydrogen-bond donors (Lipinski definition) is 2.